The predicted molar refractivity (Wildman–Crippen MR) is 129 cm³/mol. The number of aliphatic imine (C=N–C) groups is 2. The zero-order valence-electron chi connectivity index (χ0n) is 18.3. The zero-order valence-corrected chi connectivity index (χ0v) is 18.3. The number of aryl methyl sites for hydroxylation is 1. The number of hydrogen-bond donors (Lipinski definition) is 1. The molecule has 0 amide bonds. The number of anilines is 1. The Morgan fingerprint density at radius 2 is 2.03 bits per heavy atom. The van der Waals surface area contributed by atoms with Crippen LogP contribution >= 0.6 is 0 Å². The van der Waals surface area contributed by atoms with Crippen LogP contribution < -0.4 is 5.32 Å². The molecule has 0 radical (unpaired) electrons. The first-order valence-electron chi connectivity index (χ1n) is 10.9. The monoisotopic (exact) mass is 397 g/mol. The molecule has 0 spiro atoms. The van der Waals surface area contributed by atoms with E-state index in [1.54, 1.807) is 0 Å². The minimum atomic E-state index is 0.754. The third kappa shape index (κ3) is 4.79. The van der Waals surface area contributed by atoms with Gasteiger partial charge in [0.25, 0.3) is 0 Å². The Bertz CT molecular complexity index is 1050. The van der Waals surface area contributed by atoms with Crippen LogP contribution in [0, 0.1) is 12.8 Å². The van der Waals surface area contributed by atoms with Crippen LogP contribution in [0.15, 0.2) is 64.9 Å². The second-order valence-electron chi connectivity index (χ2n) is 8.43. The van der Waals surface area contributed by atoms with Crippen molar-refractivity contribution in [2.45, 2.75) is 53.0 Å². The van der Waals surface area contributed by atoms with Crippen molar-refractivity contribution in [3.8, 4) is 0 Å². The van der Waals surface area contributed by atoms with E-state index in [1.807, 2.05) is 6.20 Å². The standard InChI is InChI=1S/C27H31N3/c1-5-26(22-8-9-22)29-17-21-7-6-18(2)23(15-21)12-13-28-20(4)24-10-11-25-14-19(3)30-27(25)16-24/h6-7,10-13,15-16,22,30H,3,5,8-9,14,17H2,1-2,4H3/b13-12+,28-20?,29-26?. The molecule has 1 N–H and O–H groups in total. The molecule has 0 unspecified atom stereocenters. The van der Waals surface area contributed by atoms with Crippen LogP contribution in [0.25, 0.3) is 6.08 Å². The van der Waals surface area contributed by atoms with E-state index in [2.05, 4.69) is 80.1 Å². The summed E-state index contributed by atoms with van der Waals surface area (Å²) < 4.78 is 0. The number of allylic oxidation sites excluding steroid dienone is 1. The van der Waals surface area contributed by atoms with Crippen molar-refractivity contribution in [1.29, 1.82) is 0 Å². The van der Waals surface area contributed by atoms with Gasteiger partial charge >= 0.3 is 0 Å². The largest absolute Gasteiger partial charge is 0.359 e. The van der Waals surface area contributed by atoms with Crippen molar-refractivity contribution in [2.75, 3.05) is 5.32 Å². The van der Waals surface area contributed by atoms with E-state index in [0.717, 1.165) is 48.0 Å². The minimum absolute atomic E-state index is 0.754. The highest BCUT2D eigenvalue weighted by Gasteiger charge is 2.25. The van der Waals surface area contributed by atoms with Gasteiger partial charge in [-0.2, -0.15) is 0 Å². The highest BCUT2D eigenvalue weighted by Crippen LogP contribution is 2.32. The van der Waals surface area contributed by atoms with E-state index in [1.165, 1.54) is 40.8 Å². The molecule has 2 aliphatic rings. The first kappa shape index (κ1) is 20.3. The average molecular weight is 398 g/mol. The van der Waals surface area contributed by atoms with Crippen LogP contribution in [0.5, 0.6) is 0 Å². The van der Waals surface area contributed by atoms with Gasteiger partial charge in [-0.15, -0.1) is 0 Å². The van der Waals surface area contributed by atoms with Crippen molar-refractivity contribution in [2.24, 2.45) is 15.9 Å². The molecule has 1 aliphatic carbocycles. The molecule has 4 rings (SSSR count). The fraction of sp³-hybridized carbons (Fsp3) is 0.333. The van der Waals surface area contributed by atoms with E-state index in [0.29, 0.717) is 0 Å². The molecule has 1 saturated carbocycles. The third-order valence-corrected chi connectivity index (χ3v) is 5.98. The Labute approximate surface area is 180 Å². The quantitative estimate of drug-likeness (QED) is 0.517. The SMILES string of the molecule is C=C1Cc2ccc(C(C)=N/C=C/c3cc(CN=C(CC)C4CC4)ccc3C)cc2N1. The summed E-state index contributed by atoms with van der Waals surface area (Å²) >= 11 is 0. The molecule has 3 heteroatoms. The zero-order chi connectivity index (χ0) is 21.1. The van der Waals surface area contributed by atoms with Crippen LogP contribution in [-0.2, 0) is 13.0 Å². The normalized spacial score (nSPS) is 16.8. The number of nitrogens with one attached hydrogen (secondary N) is 1. The van der Waals surface area contributed by atoms with Gasteiger partial charge in [0.2, 0.25) is 0 Å². The first-order valence-corrected chi connectivity index (χ1v) is 10.9. The molecule has 0 saturated heterocycles. The molecular weight excluding hydrogens is 366 g/mol. The predicted octanol–water partition coefficient (Wildman–Crippen LogP) is 6.72. The van der Waals surface area contributed by atoms with E-state index in [4.69, 9.17) is 4.99 Å². The van der Waals surface area contributed by atoms with Crippen LogP contribution in [0.4, 0.5) is 5.69 Å². The summed E-state index contributed by atoms with van der Waals surface area (Å²) in [5.41, 5.74) is 10.8. The van der Waals surface area contributed by atoms with Crippen LogP contribution in [0.3, 0.4) is 0 Å². The first-order chi connectivity index (χ1) is 14.5. The third-order valence-electron chi connectivity index (χ3n) is 5.98. The maximum Gasteiger partial charge on any atom is 0.0639 e. The molecule has 154 valence electrons. The lowest BCUT2D eigenvalue weighted by atomic mass is 10.0. The maximum atomic E-state index is 4.88. The number of fused-ring (bicyclic) bond motifs is 1. The van der Waals surface area contributed by atoms with E-state index in [-0.39, 0.29) is 0 Å². The van der Waals surface area contributed by atoms with Gasteiger partial charge in [-0.25, -0.2) is 0 Å². The van der Waals surface area contributed by atoms with Gasteiger partial charge in [-0.05, 0) is 85.1 Å². The molecule has 2 aromatic carbocycles. The summed E-state index contributed by atoms with van der Waals surface area (Å²) in [6, 6.07) is 13.1. The Hall–Kier alpha value is -2.94. The van der Waals surface area contributed by atoms with Crippen molar-refractivity contribution >= 4 is 23.2 Å². The van der Waals surface area contributed by atoms with E-state index < -0.39 is 0 Å². The summed E-state index contributed by atoms with van der Waals surface area (Å²) in [5, 5.41) is 3.34. The average Bonchev–Trinajstić information content (AvgIpc) is 3.50. The van der Waals surface area contributed by atoms with Gasteiger partial charge in [0.05, 0.1) is 6.54 Å². The van der Waals surface area contributed by atoms with Crippen molar-refractivity contribution in [3.05, 3.63) is 82.7 Å². The van der Waals surface area contributed by atoms with E-state index in [9.17, 15) is 0 Å². The summed E-state index contributed by atoms with van der Waals surface area (Å²) in [6.45, 7) is 11.2. The molecule has 30 heavy (non-hydrogen) atoms. The Morgan fingerprint density at radius 1 is 1.20 bits per heavy atom. The van der Waals surface area contributed by atoms with Gasteiger partial charge in [-0.3, -0.25) is 9.98 Å². The van der Waals surface area contributed by atoms with Gasteiger partial charge in [0, 0.05) is 35.4 Å². The lowest BCUT2D eigenvalue weighted by Crippen LogP contribution is -1.99. The summed E-state index contributed by atoms with van der Waals surface area (Å²) in [5.74, 6) is 0.754. The number of rotatable bonds is 7. The molecule has 0 aromatic heterocycles. The molecule has 2 aromatic rings. The smallest absolute Gasteiger partial charge is 0.0639 e. The van der Waals surface area contributed by atoms with Crippen LogP contribution in [-0.4, -0.2) is 11.4 Å². The Kier molecular flexibility index (Phi) is 5.98. The van der Waals surface area contributed by atoms with Crippen molar-refractivity contribution in [3.63, 3.8) is 0 Å². The van der Waals surface area contributed by atoms with Gasteiger partial charge < -0.3 is 5.32 Å². The molecule has 3 nitrogen and oxygen atoms in total. The van der Waals surface area contributed by atoms with Gasteiger partial charge in [0.1, 0.15) is 0 Å². The summed E-state index contributed by atoms with van der Waals surface area (Å²) in [6.07, 6.45) is 8.63. The summed E-state index contributed by atoms with van der Waals surface area (Å²) in [4.78, 5) is 9.56. The van der Waals surface area contributed by atoms with Crippen LogP contribution in [0.2, 0.25) is 0 Å². The van der Waals surface area contributed by atoms with Gasteiger partial charge in [-0.1, -0.05) is 37.8 Å². The van der Waals surface area contributed by atoms with Gasteiger partial charge in [0.15, 0.2) is 0 Å². The van der Waals surface area contributed by atoms with Crippen molar-refractivity contribution in [1.82, 2.24) is 0 Å². The molecular formula is C27H31N3. The highest BCUT2D eigenvalue weighted by atomic mass is 14.9. The fourth-order valence-electron chi connectivity index (χ4n) is 3.95. The molecule has 1 heterocycles. The van der Waals surface area contributed by atoms with Crippen molar-refractivity contribution < 1.29 is 0 Å². The molecule has 0 atom stereocenters. The number of benzene rings is 2. The Balaban J connectivity index is 1.47. The lowest BCUT2D eigenvalue weighted by Gasteiger charge is -2.06. The number of nitrogens with zero attached hydrogens (tertiary/aromatic N) is 2. The van der Waals surface area contributed by atoms with Crippen LogP contribution in [0.1, 0.15) is 60.9 Å². The Morgan fingerprint density at radius 3 is 2.80 bits per heavy atom. The molecule has 1 fully saturated rings. The number of hydrogen-bond acceptors (Lipinski definition) is 3. The molecule has 0 bridgehead atoms. The highest BCUT2D eigenvalue weighted by molar-refractivity contribution is 6.00. The second kappa shape index (κ2) is 8.83. The topological polar surface area (TPSA) is 36.8 Å². The minimum Gasteiger partial charge on any atom is -0.359 e. The summed E-state index contributed by atoms with van der Waals surface area (Å²) in [7, 11) is 0. The fourth-order valence-corrected chi connectivity index (χ4v) is 3.95. The van der Waals surface area contributed by atoms with E-state index >= 15 is 0 Å². The second-order valence-corrected chi connectivity index (χ2v) is 8.43. The molecule has 1 aliphatic heterocycles. The lowest BCUT2D eigenvalue weighted by molar-refractivity contribution is 0.991. The maximum absolute atomic E-state index is 4.88.